The average Bonchev–Trinajstić information content (AvgIpc) is 2.48. The molecule has 0 aliphatic heterocycles. The standard InChI is InChI=1S/C15H11NO4/c1-19-12-7-11(17)13(15(20-2)14(12)18)10-5-3-9(8-16)4-6-10/h3-7H,1-2H3. The third-order valence-electron chi connectivity index (χ3n) is 2.89. The fourth-order valence-electron chi connectivity index (χ4n) is 1.93. The first-order valence-electron chi connectivity index (χ1n) is 5.76. The lowest BCUT2D eigenvalue weighted by Crippen LogP contribution is -2.20. The summed E-state index contributed by atoms with van der Waals surface area (Å²) in [6.07, 6.45) is 1.14. The van der Waals surface area contributed by atoms with Crippen LogP contribution in [0.25, 0.3) is 5.57 Å². The van der Waals surface area contributed by atoms with Crippen molar-refractivity contribution in [2.24, 2.45) is 0 Å². The summed E-state index contributed by atoms with van der Waals surface area (Å²) in [5.41, 5.74) is 1.16. The number of ketones is 2. The molecule has 0 saturated carbocycles. The van der Waals surface area contributed by atoms with E-state index in [1.807, 2.05) is 6.07 Å². The quantitative estimate of drug-likeness (QED) is 0.779. The van der Waals surface area contributed by atoms with Crippen LogP contribution in [0.3, 0.4) is 0 Å². The lowest BCUT2D eigenvalue weighted by molar-refractivity contribution is -0.119. The van der Waals surface area contributed by atoms with Gasteiger partial charge < -0.3 is 9.47 Å². The van der Waals surface area contributed by atoms with E-state index < -0.39 is 5.78 Å². The van der Waals surface area contributed by atoms with Crippen molar-refractivity contribution in [3.63, 3.8) is 0 Å². The van der Waals surface area contributed by atoms with E-state index in [-0.39, 0.29) is 22.9 Å². The number of rotatable bonds is 3. The van der Waals surface area contributed by atoms with E-state index in [1.165, 1.54) is 14.2 Å². The third kappa shape index (κ3) is 2.19. The molecule has 20 heavy (non-hydrogen) atoms. The molecule has 1 aromatic carbocycles. The number of hydrogen-bond acceptors (Lipinski definition) is 5. The van der Waals surface area contributed by atoms with E-state index in [9.17, 15) is 9.59 Å². The molecule has 1 aromatic rings. The number of Topliss-reactive ketones (excluding diaryl/α,β-unsaturated/α-hetero) is 1. The van der Waals surface area contributed by atoms with Gasteiger partial charge in [0, 0.05) is 6.08 Å². The Morgan fingerprint density at radius 3 is 2.20 bits per heavy atom. The molecule has 100 valence electrons. The molecule has 5 heteroatoms. The molecule has 0 fully saturated rings. The number of methoxy groups -OCH3 is 2. The highest BCUT2D eigenvalue weighted by molar-refractivity contribution is 6.36. The van der Waals surface area contributed by atoms with Gasteiger partial charge in [0.1, 0.15) is 0 Å². The summed E-state index contributed by atoms with van der Waals surface area (Å²) in [7, 11) is 2.64. The van der Waals surface area contributed by atoms with Gasteiger partial charge in [-0.15, -0.1) is 0 Å². The van der Waals surface area contributed by atoms with E-state index in [4.69, 9.17) is 14.7 Å². The van der Waals surface area contributed by atoms with Gasteiger partial charge in [-0.3, -0.25) is 9.59 Å². The SMILES string of the molecule is COC1=CC(=O)C(c2ccc(C#N)cc2)=C(OC)C1=O. The van der Waals surface area contributed by atoms with Gasteiger partial charge in [-0.2, -0.15) is 5.26 Å². The zero-order chi connectivity index (χ0) is 14.7. The summed E-state index contributed by atoms with van der Waals surface area (Å²) in [6, 6.07) is 8.33. The van der Waals surface area contributed by atoms with Crippen LogP contribution in [0.2, 0.25) is 0 Å². The molecule has 0 spiro atoms. The van der Waals surface area contributed by atoms with Crippen molar-refractivity contribution in [2.45, 2.75) is 0 Å². The Bertz CT molecular complexity index is 675. The maximum Gasteiger partial charge on any atom is 0.262 e. The van der Waals surface area contributed by atoms with E-state index >= 15 is 0 Å². The molecule has 1 aliphatic rings. The maximum atomic E-state index is 12.1. The van der Waals surface area contributed by atoms with Gasteiger partial charge in [0.25, 0.3) is 5.78 Å². The number of nitriles is 1. The Morgan fingerprint density at radius 1 is 1.05 bits per heavy atom. The number of benzene rings is 1. The first-order chi connectivity index (χ1) is 9.62. The van der Waals surface area contributed by atoms with Gasteiger partial charge in [0.05, 0.1) is 31.4 Å². The van der Waals surface area contributed by atoms with Crippen LogP contribution >= 0.6 is 0 Å². The number of carbonyl (C=O) groups is 2. The maximum absolute atomic E-state index is 12.1. The van der Waals surface area contributed by atoms with Crippen molar-refractivity contribution in [3.8, 4) is 6.07 Å². The van der Waals surface area contributed by atoms with Crippen LogP contribution in [-0.2, 0) is 19.1 Å². The second-order valence-electron chi connectivity index (χ2n) is 4.00. The largest absolute Gasteiger partial charge is 0.492 e. The Kier molecular flexibility index (Phi) is 3.67. The Morgan fingerprint density at radius 2 is 1.70 bits per heavy atom. The number of hydrogen-bond donors (Lipinski definition) is 0. The van der Waals surface area contributed by atoms with Crippen LogP contribution in [0.4, 0.5) is 0 Å². The number of ether oxygens (including phenoxy) is 2. The van der Waals surface area contributed by atoms with Crippen LogP contribution in [0, 0.1) is 11.3 Å². The van der Waals surface area contributed by atoms with E-state index in [2.05, 4.69) is 0 Å². The van der Waals surface area contributed by atoms with Gasteiger partial charge in [-0.25, -0.2) is 0 Å². The van der Waals surface area contributed by atoms with Crippen molar-refractivity contribution in [1.82, 2.24) is 0 Å². The molecular formula is C15H11NO4. The Labute approximate surface area is 115 Å². The Hall–Kier alpha value is -2.87. The molecule has 0 heterocycles. The molecule has 0 radical (unpaired) electrons. The minimum absolute atomic E-state index is 0.0516. The minimum atomic E-state index is -0.478. The molecule has 5 nitrogen and oxygen atoms in total. The van der Waals surface area contributed by atoms with Crippen LogP contribution in [0.15, 0.2) is 41.9 Å². The third-order valence-corrected chi connectivity index (χ3v) is 2.89. The number of allylic oxidation sites excluding steroid dienone is 2. The van der Waals surface area contributed by atoms with Crippen LogP contribution < -0.4 is 0 Å². The van der Waals surface area contributed by atoms with Gasteiger partial charge in [0.2, 0.25) is 0 Å². The van der Waals surface area contributed by atoms with Crippen molar-refractivity contribution >= 4 is 17.1 Å². The molecule has 0 bridgehead atoms. The van der Waals surface area contributed by atoms with Crippen molar-refractivity contribution in [2.75, 3.05) is 14.2 Å². The lowest BCUT2D eigenvalue weighted by Gasteiger charge is -2.17. The summed E-state index contributed by atoms with van der Waals surface area (Å²) in [6.45, 7) is 0. The van der Waals surface area contributed by atoms with Crippen LogP contribution in [-0.4, -0.2) is 25.8 Å². The number of carbonyl (C=O) groups excluding carboxylic acids is 2. The molecule has 2 rings (SSSR count). The molecule has 0 unspecified atom stereocenters. The van der Waals surface area contributed by atoms with Gasteiger partial charge >= 0.3 is 0 Å². The molecule has 0 N–H and O–H groups in total. The van der Waals surface area contributed by atoms with Gasteiger partial charge in [-0.1, -0.05) is 12.1 Å². The second kappa shape index (κ2) is 5.41. The summed E-state index contributed by atoms with van der Waals surface area (Å²) in [4.78, 5) is 24.2. The highest BCUT2D eigenvalue weighted by Crippen LogP contribution is 2.28. The molecule has 0 amide bonds. The summed E-state index contributed by atoms with van der Waals surface area (Å²) in [5.74, 6) is -0.958. The predicted molar refractivity (Wildman–Crippen MR) is 70.2 cm³/mol. The summed E-state index contributed by atoms with van der Waals surface area (Å²) in [5, 5.41) is 8.76. The van der Waals surface area contributed by atoms with E-state index in [0.29, 0.717) is 11.1 Å². The normalized spacial score (nSPS) is 14.8. The van der Waals surface area contributed by atoms with Gasteiger partial charge in [0.15, 0.2) is 17.3 Å². The van der Waals surface area contributed by atoms with Crippen molar-refractivity contribution < 1.29 is 19.1 Å². The second-order valence-corrected chi connectivity index (χ2v) is 4.00. The number of nitrogens with zero attached hydrogens (tertiary/aromatic N) is 1. The lowest BCUT2D eigenvalue weighted by atomic mass is 9.93. The zero-order valence-corrected chi connectivity index (χ0v) is 11.0. The van der Waals surface area contributed by atoms with E-state index in [0.717, 1.165) is 6.08 Å². The fourth-order valence-corrected chi connectivity index (χ4v) is 1.93. The highest BCUT2D eigenvalue weighted by atomic mass is 16.5. The summed E-state index contributed by atoms with van der Waals surface area (Å²) >= 11 is 0. The van der Waals surface area contributed by atoms with Crippen molar-refractivity contribution in [3.05, 3.63) is 53.0 Å². The first-order valence-corrected chi connectivity index (χ1v) is 5.76. The Balaban J connectivity index is 2.55. The zero-order valence-electron chi connectivity index (χ0n) is 11.0. The predicted octanol–water partition coefficient (Wildman–Crippen LogP) is 1.60. The molecule has 1 aliphatic carbocycles. The monoisotopic (exact) mass is 269 g/mol. The van der Waals surface area contributed by atoms with E-state index in [1.54, 1.807) is 24.3 Å². The van der Waals surface area contributed by atoms with Crippen LogP contribution in [0.1, 0.15) is 11.1 Å². The molecule has 0 aromatic heterocycles. The van der Waals surface area contributed by atoms with Gasteiger partial charge in [-0.05, 0) is 17.7 Å². The fraction of sp³-hybridized carbons (Fsp3) is 0.133. The average molecular weight is 269 g/mol. The highest BCUT2D eigenvalue weighted by Gasteiger charge is 2.31. The summed E-state index contributed by atoms with van der Waals surface area (Å²) < 4.78 is 9.91. The minimum Gasteiger partial charge on any atom is -0.492 e. The van der Waals surface area contributed by atoms with Crippen molar-refractivity contribution in [1.29, 1.82) is 5.26 Å². The first kappa shape index (κ1) is 13.6. The molecule has 0 saturated heterocycles. The smallest absolute Gasteiger partial charge is 0.262 e. The van der Waals surface area contributed by atoms with Crippen LogP contribution in [0.5, 0.6) is 0 Å². The molecular weight excluding hydrogens is 258 g/mol. The molecule has 0 atom stereocenters. The topological polar surface area (TPSA) is 76.4 Å².